The molecule has 0 saturated carbocycles. The average molecular weight is 334 g/mol. The Kier molecular flexibility index (Phi) is 3.70. The number of nitrogens with one attached hydrogen (secondary N) is 1. The summed E-state index contributed by atoms with van der Waals surface area (Å²) in [6.07, 6.45) is 5.37. The summed E-state index contributed by atoms with van der Waals surface area (Å²) in [5.74, 6) is 0.434. The highest BCUT2D eigenvalue weighted by atomic mass is 16.6. The standard InChI is InChI=1S/C17H14N6O2/c24-23(25)15-16(21-13-5-3-8-18-10-13)19-11-20-17(15)22-9-7-12-4-1-2-6-14(12)22/h1-6,8,10-11H,7,9H2,(H,19,20,21). The van der Waals surface area contributed by atoms with Gasteiger partial charge in [0.1, 0.15) is 6.33 Å². The van der Waals surface area contributed by atoms with E-state index in [0.29, 0.717) is 12.2 Å². The quantitative estimate of drug-likeness (QED) is 0.578. The van der Waals surface area contributed by atoms with Gasteiger partial charge in [0.15, 0.2) is 0 Å². The van der Waals surface area contributed by atoms with Crippen LogP contribution in [0.25, 0.3) is 0 Å². The van der Waals surface area contributed by atoms with Crippen molar-refractivity contribution in [3.63, 3.8) is 0 Å². The van der Waals surface area contributed by atoms with E-state index in [1.54, 1.807) is 24.5 Å². The summed E-state index contributed by atoms with van der Waals surface area (Å²) in [5, 5.41) is 14.7. The second-order valence-corrected chi connectivity index (χ2v) is 5.55. The summed E-state index contributed by atoms with van der Waals surface area (Å²) >= 11 is 0. The van der Waals surface area contributed by atoms with E-state index in [2.05, 4.69) is 20.3 Å². The summed E-state index contributed by atoms with van der Waals surface area (Å²) < 4.78 is 0. The third-order valence-corrected chi connectivity index (χ3v) is 4.05. The van der Waals surface area contributed by atoms with Gasteiger partial charge in [-0.1, -0.05) is 18.2 Å². The number of aromatic nitrogens is 3. The molecule has 3 aromatic rings. The number of fused-ring (bicyclic) bond motifs is 1. The van der Waals surface area contributed by atoms with Crippen molar-refractivity contribution in [2.45, 2.75) is 6.42 Å². The number of nitro groups is 1. The van der Waals surface area contributed by atoms with Crippen LogP contribution >= 0.6 is 0 Å². The molecular formula is C17H14N6O2. The molecule has 124 valence electrons. The van der Waals surface area contributed by atoms with Crippen LogP contribution in [-0.2, 0) is 6.42 Å². The predicted octanol–water partition coefficient (Wildman–Crippen LogP) is 3.22. The van der Waals surface area contributed by atoms with Gasteiger partial charge in [-0.3, -0.25) is 15.1 Å². The van der Waals surface area contributed by atoms with Crippen LogP contribution in [0.3, 0.4) is 0 Å². The fraction of sp³-hybridized carbons (Fsp3) is 0.118. The van der Waals surface area contributed by atoms with Gasteiger partial charge in [0.05, 0.1) is 16.8 Å². The van der Waals surface area contributed by atoms with Crippen LogP contribution in [0.1, 0.15) is 5.56 Å². The van der Waals surface area contributed by atoms with E-state index in [1.807, 2.05) is 29.2 Å². The second-order valence-electron chi connectivity index (χ2n) is 5.55. The van der Waals surface area contributed by atoms with Crippen LogP contribution in [0.5, 0.6) is 0 Å². The van der Waals surface area contributed by atoms with Crippen LogP contribution < -0.4 is 10.2 Å². The molecular weight excluding hydrogens is 320 g/mol. The molecule has 3 heterocycles. The van der Waals surface area contributed by atoms with E-state index in [-0.39, 0.29) is 17.3 Å². The Hall–Kier alpha value is -3.55. The minimum atomic E-state index is -0.449. The van der Waals surface area contributed by atoms with Crippen LogP contribution in [-0.4, -0.2) is 26.4 Å². The highest BCUT2D eigenvalue weighted by molar-refractivity contribution is 5.80. The number of para-hydroxylation sites is 1. The van der Waals surface area contributed by atoms with Gasteiger partial charge in [0, 0.05) is 18.4 Å². The second kappa shape index (κ2) is 6.16. The zero-order valence-electron chi connectivity index (χ0n) is 13.2. The molecule has 1 N–H and O–H groups in total. The van der Waals surface area contributed by atoms with Crippen molar-refractivity contribution in [3.8, 4) is 0 Å². The van der Waals surface area contributed by atoms with E-state index in [0.717, 1.165) is 17.7 Å². The SMILES string of the molecule is O=[N+]([O-])c1c(Nc2cccnc2)ncnc1N1CCc2ccccc21. The summed E-state index contributed by atoms with van der Waals surface area (Å²) in [5.41, 5.74) is 2.56. The van der Waals surface area contributed by atoms with Crippen LogP contribution in [0.15, 0.2) is 55.1 Å². The molecule has 0 bridgehead atoms. The summed E-state index contributed by atoms with van der Waals surface area (Å²) in [4.78, 5) is 25.4. The molecule has 8 heteroatoms. The molecule has 8 nitrogen and oxygen atoms in total. The summed E-state index contributed by atoms with van der Waals surface area (Å²) in [6, 6.07) is 11.4. The lowest BCUT2D eigenvalue weighted by molar-refractivity contribution is -0.383. The molecule has 0 aliphatic carbocycles. The molecule has 0 radical (unpaired) electrons. The Morgan fingerprint density at radius 3 is 2.84 bits per heavy atom. The van der Waals surface area contributed by atoms with Gasteiger partial charge < -0.3 is 10.2 Å². The number of benzene rings is 1. The predicted molar refractivity (Wildman–Crippen MR) is 93.4 cm³/mol. The molecule has 1 aliphatic rings. The Morgan fingerprint density at radius 2 is 2.04 bits per heavy atom. The molecule has 0 saturated heterocycles. The van der Waals surface area contributed by atoms with Gasteiger partial charge in [-0.2, -0.15) is 0 Å². The van der Waals surface area contributed by atoms with Gasteiger partial charge in [0.25, 0.3) is 0 Å². The molecule has 0 atom stereocenters. The summed E-state index contributed by atoms with van der Waals surface area (Å²) in [6.45, 7) is 0.642. The van der Waals surface area contributed by atoms with E-state index < -0.39 is 4.92 Å². The van der Waals surface area contributed by atoms with Gasteiger partial charge >= 0.3 is 5.69 Å². The molecule has 0 spiro atoms. The molecule has 25 heavy (non-hydrogen) atoms. The molecule has 0 fully saturated rings. The first kappa shape index (κ1) is 15.0. The molecule has 4 rings (SSSR count). The van der Waals surface area contributed by atoms with E-state index in [1.165, 1.54) is 6.33 Å². The molecule has 0 unspecified atom stereocenters. The van der Waals surface area contributed by atoms with Crippen molar-refractivity contribution < 1.29 is 4.92 Å². The lowest BCUT2D eigenvalue weighted by Crippen LogP contribution is -2.17. The van der Waals surface area contributed by atoms with Crippen molar-refractivity contribution in [2.75, 3.05) is 16.8 Å². The van der Waals surface area contributed by atoms with Crippen LogP contribution in [0, 0.1) is 10.1 Å². The minimum absolute atomic E-state index is 0.146. The fourth-order valence-corrected chi connectivity index (χ4v) is 2.96. The number of anilines is 4. The first-order valence-electron chi connectivity index (χ1n) is 7.76. The zero-order valence-corrected chi connectivity index (χ0v) is 13.2. The summed E-state index contributed by atoms with van der Waals surface area (Å²) in [7, 11) is 0. The monoisotopic (exact) mass is 334 g/mol. The van der Waals surface area contributed by atoms with E-state index in [4.69, 9.17) is 0 Å². The largest absolute Gasteiger partial charge is 0.354 e. The number of pyridine rings is 1. The molecule has 1 aliphatic heterocycles. The van der Waals surface area contributed by atoms with Gasteiger partial charge in [-0.25, -0.2) is 9.97 Å². The van der Waals surface area contributed by atoms with E-state index >= 15 is 0 Å². The minimum Gasteiger partial charge on any atom is -0.333 e. The zero-order chi connectivity index (χ0) is 17.2. The Balaban J connectivity index is 1.79. The maximum atomic E-state index is 11.7. The third-order valence-electron chi connectivity index (χ3n) is 4.05. The first-order valence-corrected chi connectivity index (χ1v) is 7.76. The lowest BCUT2D eigenvalue weighted by atomic mass is 10.2. The maximum Gasteiger partial charge on any atom is 0.354 e. The molecule has 0 amide bonds. The topological polar surface area (TPSA) is 97.1 Å². The average Bonchev–Trinajstić information content (AvgIpc) is 3.06. The number of hydrogen-bond donors (Lipinski definition) is 1. The number of rotatable bonds is 4. The molecule has 2 aromatic heterocycles. The van der Waals surface area contributed by atoms with Crippen molar-refractivity contribution in [1.29, 1.82) is 0 Å². The number of nitrogens with zero attached hydrogens (tertiary/aromatic N) is 5. The highest BCUT2D eigenvalue weighted by Crippen LogP contribution is 2.40. The van der Waals surface area contributed by atoms with Crippen LogP contribution in [0.4, 0.5) is 28.7 Å². The van der Waals surface area contributed by atoms with Gasteiger partial charge in [-0.05, 0) is 30.2 Å². The first-order chi connectivity index (χ1) is 12.2. The highest BCUT2D eigenvalue weighted by Gasteiger charge is 2.31. The Labute approximate surface area is 143 Å². The van der Waals surface area contributed by atoms with Gasteiger partial charge in [0.2, 0.25) is 11.6 Å². The third kappa shape index (κ3) is 2.74. The number of hydrogen-bond acceptors (Lipinski definition) is 7. The normalized spacial score (nSPS) is 12.7. The maximum absolute atomic E-state index is 11.7. The van der Waals surface area contributed by atoms with Crippen LogP contribution in [0.2, 0.25) is 0 Å². The van der Waals surface area contributed by atoms with Crippen molar-refractivity contribution in [2.24, 2.45) is 0 Å². The Bertz CT molecular complexity index is 931. The van der Waals surface area contributed by atoms with Gasteiger partial charge in [-0.15, -0.1) is 0 Å². The fourth-order valence-electron chi connectivity index (χ4n) is 2.96. The molecule has 1 aromatic carbocycles. The van der Waals surface area contributed by atoms with Crippen molar-refractivity contribution in [3.05, 3.63) is 70.8 Å². The Morgan fingerprint density at radius 1 is 1.16 bits per heavy atom. The lowest BCUT2D eigenvalue weighted by Gasteiger charge is -2.18. The van der Waals surface area contributed by atoms with E-state index in [9.17, 15) is 10.1 Å². The smallest absolute Gasteiger partial charge is 0.333 e. The van der Waals surface area contributed by atoms with Crippen molar-refractivity contribution >= 4 is 28.7 Å². The van der Waals surface area contributed by atoms with Crippen molar-refractivity contribution in [1.82, 2.24) is 15.0 Å².